The first kappa shape index (κ1) is 17.6. The van der Waals surface area contributed by atoms with Gasteiger partial charge in [0.2, 0.25) is 0 Å². The molecule has 0 aliphatic carbocycles. The molecular weight excluding hydrogens is 389 g/mol. The van der Waals surface area contributed by atoms with E-state index in [1.165, 1.54) is 11.9 Å². The number of nitrogens with one attached hydrogen (secondary N) is 1. The van der Waals surface area contributed by atoms with Gasteiger partial charge in [-0.2, -0.15) is 0 Å². The highest BCUT2D eigenvalue weighted by molar-refractivity contribution is 6.34. The number of halogens is 2. The quantitative estimate of drug-likeness (QED) is 0.800. The molecule has 4 rings (SSSR count). The Kier molecular flexibility index (Phi) is 4.17. The van der Waals surface area contributed by atoms with E-state index in [1.54, 1.807) is 48.5 Å². The molecule has 0 radical (unpaired) electrons. The number of hydrogen-bond donors (Lipinski definition) is 1. The van der Waals surface area contributed by atoms with E-state index in [0.29, 0.717) is 21.4 Å². The number of anilines is 2. The Morgan fingerprint density at radius 2 is 1.44 bits per heavy atom. The van der Waals surface area contributed by atoms with E-state index in [0.717, 1.165) is 4.90 Å². The van der Waals surface area contributed by atoms with Crippen LogP contribution in [0.4, 0.5) is 11.4 Å². The van der Waals surface area contributed by atoms with E-state index < -0.39 is 17.9 Å². The van der Waals surface area contributed by atoms with Crippen molar-refractivity contribution in [3.63, 3.8) is 0 Å². The van der Waals surface area contributed by atoms with Crippen molar-refractivity contribution in [1.82, 2.24) is 5.43 Å². The molecular formula is C19H13Cl2N3O3. The number of hydrogen-bond acceptors (Lipinski definition) is 5. The average molecular weight is 402 g/mol. The van der Waals surface area contributed by atoms with Crippen LogP contribution in [0.5, 0.6) is 0 Å². The first-order valence-electron chi connectivity index (χ1n) is 8.09. The molecule has 8 heteroatoms. The number of amides is 2. The number of allylic oxidation sites excluding steroid dienone is 1. The minimum Gasteiger partial charge on any atom is -0.293 e. The van der Waals surface area contributed by atoms with Gasteiger partial charge in [0.05, 0.1) is 16.9 Å². The predicted octanol–water partition coefficient (Wildman–Crippen LogP) is 3.10. The average Bonchev–Trinajstić information content (AvgIpc) is 3.15. The summed E-state index contributed by atoms with van der Waals surface area (Å²) in [6, 6.07) is 12.2. The van der Waals surface area contributed by atoms with Crippen LogP contribution in [-0.2, 0) is 14.4 Å². The summed E-state index contributed by atoms with van der Waals surface area (Å²) < 4.78 is 0. The van der Waals surface area contributed by atoms with Crippen molar-refractivity contribution in [1.29, 1.82) is 0 Å². The molecule has 2 amide bonds. The van der Waals surface area contributed by atoms with Crippen LogP contribution < -0.4 is 15.3 Å². The molecule has 0 spiro atoms. The fourth-order valence-electron chi connectivity index (χ4n) is 3.23. The van der Waals surface area contributed by atoms with Gasteiger partial charge >= 0.3 is 0 Å². The summed E-state index contributed by atoms with van der Waals surface area (Å²) in [4.78, 5) is 39.3. The Morgan fingerprint density at radius 3 is 1.96 bits per heavy atom. The van der Waals surface area contributed by atoms with Gasteiger partial charge in [0.15, 0.2) is 11.8 Å². The van der Waals surface area contributed by atoms with E-state index in [1.807, 2.05) is 0 Å². The number of ketones is 1. The van der Waals surface area contributed by atoms with Gasteiger partial charge in [-0.3, -0.25) is 24.8 Å². The van der Waals surface area contributed by atoms with E-state index in [4.69, 9.17) is 23.2 Å². The summed E-state index contributed by atoms with van der Waals surface area (Å²) in [5, 5.41) is 2.54. The molecule has 27 heavy (non-hydrogen) atoms. The van der Waals surface area contributed by atoms with Crippen LogP contribution in [0.1, 0.15) is 6.92 Å². The number of rotatable bonds is 3. The van der Waals surface area contributed by atoms with Crippen molar-refractivity contribution in [3.05, 3.63) is 69.8 Å². The lowest BCUT2D eigenvalue weighted by atomic mass is 10.1. The molecule has 0 bridgehead atoms. The molecule has 1 fully saturated rings. The maximum atomic E-state index is 13.1. The van der Waals surface area contributed by atoms with Crippen LogP contribution >= 0.6 is 23.2 Å². The van der Waals surface area contributed by atoms with Gasteiger partial charge in [0.1, 0.15) is 5.70 Å². The van der Waals surface area contributed by atoms with Gasteiger partial charge in [0, 0.05) is 17.0 Å². The van der Waals surface area contributed by atoms with Crippen molar-refractivity contribution >= 4 is 52.2 Å². The van der Waals surface area contributed by atoms with Crippen LogP contribution in [0.2, 0.25) is 10.0 Å². The molecule has 2 aromatic carbocycles. The largest absolute Gasteiger partial charge is 0.293 e. The lowest BCUT2D eigenvalue weighted by Gasteiger charge is -2.26. The number of carbonyl (C=O) groups excluding carboxylic acids is 3. The van der Waals surface area contributed by atoms with Gasteiger partial charge in [0.25, 0.3) is 11.8 Å². The maximum Gasteiger partial charge on any atom is 0.266 e. The van der Waals surface area contributed by atoms with Gasteiger partial charge in [-0.25, -0.2) is 4.90 Å². The third-order valence-corrected chi connectivity index (χ3v) is 4.97. The molecule has 2 heterocycles. The Hall–Kier alpha value is -2.83. The summed E-state index contributed by atoms with van der Waals surface area (Å²) >= 11 is 11.8. The number of nitrogens with zero attached hydrogens (tertiary/aromatic N) is 2. The molecule has 1 atom stereocenters. The monoisotopic (exact) mass is 401 g/mol. The van der Waals surface area contributed by atoms with Crippen molar-refractivity contribution in [2.24, 2.45) is 0 Å². The molecule has 1 saturated heterocycles. The minimum absolute atomic E-state index is 0.116. The molecule has 136 valence electrons. The number of fused-ring (bicyclic) bond motifs is 1. The second kappa shape index (κ2) is 6.40. The van der Waals surface area contributed by atoms with Crippen LogP contribution in [0, 0.1) is 0 Å². The fraction of sp³-hybridized carbons (Fsp3) is 0.105. The van der Waals surface area contributed by atoms with Crippen LogP contribution in [0.3, 0.4) is 0 Å². The standard InChI is InChI=1S/C19H13Cl2N3O3/c1-10(25)16-15-17(24(22-16)14-8-4-12(21)5-9-14)19(27)23(18(15)26)13-6-2-11(20)3-7-13/h2-9,17,22H,1H3/t17-/m0/s1. The summed E-state index contributed by atoms with van der Waals surface area (Å²) in [5.74, 6) is -1.30. The van der Waals surface area contributed by atoms with E-state index in [2.05, 4.69) is 5.43 Å². The maximum absolute atomic E-state index is 13.1. The Bertz CT molecular complexity index is 1000. The molecule has 0 unspecified atom stereocenters. The van der Waals surface area contributed by atoms with E-state index >= 15 is 0 Å². The van der Waals surface area contributed by atoms with E-state index in [9.17, 15) is 14.4 Å². The molecule has 6 nitrogen and oxygen atoms in total. The van der Waals surface area contributed by atoms with Gasteiger partial charge < -0.3 is 0 Å². The van der Waals surface area contributed by atoms with E-state index in [-0.39, 0.29) is 17.1 Å². The topological polar surface area (TPSA) is 69.7 Å². The van der Waals surface area contributed by atoms with Crippen molar-refractivity contribution < 1.29 is 14.4 Å². The van der Waals surface area contributed by atoms with Gasteiger partial charge in [-0.1, -0.05) is 23.2 Å². The SMILES string of the molecule is CC(=O)C1=C2C(=O)N(c3ccc(Cl)cc3)C(=O)[C@H]2N(c2ccc(Cl)cc2)N1. The smallest absolute Gasteiger partial charge is 0.266 e. The fourth-order valence-corrected chi connectivity index (χ4v) is 3.48. The minimum atomic E-state index is -0.937. The Balaban J connectivity index is 1.80. The van der Waals surface area contributed by atoms with Gasteiger partial charge in [-0.15, -0.1) is 0 Å². The summed E-state index contributed by atoms with van der Waals surface area (Å²) in [5.41, 5.74) is 4.16. The Morgan fingerprint density at radius 1 is 0.926 bits per heavy atom. The highest BCUT2D eigenvalue weighted by Gasteiger charge is 2.53. The molecule has 1 N–H and O–H groups in total. The summed E-state index contributed by atoms with van der Waals surface area (Å²) in [7, 11) is 0. The van der Waals surface area contributed by atoms with Crippen molar-refractivity contribution in [3.8, 4) is 0 Å². The predicted molar refractivity (Wildman–Crippen MR) is 103 cm³/mol. The normalized spacial score (nSPS) is 18.9. The van der Waals surface area contributed by atoms with Crippen molar-refractivity contribution in [2.45, 2.75) is 13.0 Å². The highest BCUT2D eigenvalue weighted by atomic mass is 35.5. The summed E-state index contributed by atoms with van der Waals surface area (Å²) in [6.45, 7) is 1.35. The molecule has 2 aliphatic heterocycles. The zero-order chi connectivity index (χ0) is 19.3. The molecule has 0 saturated carbocycles. The van der Waals surface area contributed by atoms with Crippen LogP contribution in [0.15, 0.2) is 59.8 Å². The number of benzene rings is 2. The zero-order valence-electron chi connectivity index (χ0n) is 14.1. The highest BCUT2D eigenvalue weighted by Crippen LogP contribution is 2.37. The second-order valence-electron chi connectivity index (χ2n) is 6.16. The number of imide groups is 1. The molecule has 2 aromatic rings. The summed E-state index contributed by atoms with van der Waals surface area (Å²) in [6.07, 6.45) is 0. The number of carbonyl (C=O) groups is 3. The van der Waals surface area contributed by atoms with Gasteiger partial charge in [-0.05, 0) is 48.5 Å². The lowest BCUT2D eigenvalue weighted by Crippen LogP contribution is -2.46. The zero-order valence-corrected chi connectivity index (χ0v) is 15.6. The van der Waals surface area contributed by atoms with Crippen LogP contribution in [0.25, 0.3) is 0 Å². The third kappa shape index (κ3) is 2.78. The number of Topliss-reactive ketones (excluding diaryl/α,β-unsaturated/α-hetero) is 1. The van der Waals surface area contributed by atoms with Crippen molar-refractivity contribution in [2.75, 3.05) is 9.91 Å². The third-order valence-electron chi connectivity index (χ3n) is 4.46. The first-order valence-corrected chi connectivity index (χ1v) is 8.84. The number of hydrazine groups is 1. The molecule has 0 aromatic heterocycles. The second-order valence-corrected chi connectivity index (χ2v) is 7.03. The Labute approximate surface area is 164 Å². The van der Waals surface area contributed by atoms with Crippen LogP contribution in [-0.4, -0.2) is 23.6 Å². The lowest BCUT2D eigenvalue weighted by molar-refractivity contribution is -0.121. The molecule has 2 aliphatic rings. The first-order chi connectivity index (χ1) is 12.9.